The molecule has 1 aromatic carbocycles. The van der Waals surface area contributed by atoms with Crippen molar-refractivity contribution in [3.63, 3.8) is 0 Å². The van der Waals surface area contributed by atoms with Crippen molar-refractivity contribution in [1.29, 1.82) is 0 Å². The maximum absolute atomic E-state index is 5.17. The van der Waals surface area contributed by atoms with E-state index in [4.69, 9.17) is 4.74 Å². The van der Waals surface area contributed by atoms with E-state index in [2.05, 4.69) is 22.3 Å². The van der Waals surface area contributed by atoms with E-state index in [0.29, 0.717) is 0 Å². The summed E-state index contributed by atoms with van der Waals surface area (Å²) in [6.45, 7) is 2.14. The molecule has 6 heteroatoms. The summed E-state index contributed by atoms with van der Waals surface area (Å²) in [5.41, 5.74) is 3.16. The van der Waals surface area contributed by atoms with E-state index in [9.17, 15) is 0 Å². The highest BCUT2D eigenvalue weighted by atomic mass is 32.2. The van der Waals surface area contributed by atoms with Crippen LogP contribution in [0.15, 0.2) is 34.4 Å². The molecule has 5 nitrogen and oxygen atoms in total. The van der Waals surface area contributed by atoms with Gasteiger partial charge in [0.15, 0.2) is 0 Å². The van der Waals surface area contributed by atoms with Gasteiger partial charge in [0, 0.05) is 5.75 Å². The first kappa shape index (κ1) is 13.2. The van der Waals surface area contributed by atoms with E-state index in [1.165, 1.54) is 0 Å². The molecule has 0 fully saturated rings. The lowest BCUT2D eigenvalue weighted by atomic mass is 10.1. The lowest BCUT2D eigenvalue weighted by Crippen LogP contribution is -2.14. The van der Waals surface area contributed by atoms with Crippen LogP contribution in [-0.2, 0) is 6.42 Å². The van der Waals surface area contributed by atoms with Crippen LogP contribution in [-0.4, -0.2) is 33.7 Å². The molecule has 2 heterocycles. The summed E-state index contributed by atoms with van der Waals surface area (Å²) >= 11 is 1.75. The van der Waals surface area contributed by atoms with E-state index in [1.54, 1.807) is 23.7 Å². The van der Waals surface area contributed by atoms with Gasteiger partial charge in [0.25, 0.3) is 0 Å². The van der Waals surface area contributed by atoms with Crippen molar-refractivity contribution in [3.8, 4) is 5.75 Å². The van der Waals surface area contributed by atoms with Gasteiger partial charge in [0.2, 0.25) is 0 Å². The first-order chi connectivity index (χ1) is 9.81. The molecule has 0 unspecified atom stereocenters. The first-order valence-electron chi connectivity index (χ1n) is 6.61. The molecule has 0 saturated heterocycles. The van der Waals surface area contributed by atoms with Gasteiger partial charge in [-0.2, -0.15) is 5.10 Å². The third-order valence-electron chi connectivity index (χ3n) is 3.15. The fourth-order valence-corrected chi connectivity index (χ4v) is 3.10. The molecular weight excluding hydrogens is 272 g/mol. The minimum Gasteiger partial charge on any atom is -0.497 e. The summed E-state index contributed by atoms with van der Waals surface area (Å²) in [5.74, 6) is 1.70. The molecule has 3 rings (SSSR count). The van der Waals surface area contributed by atoms with Crippen LogP contribution in [0, 0.1) is 0 Å². The molecule has 0 atom stereocenters. The van der Waals surface area contributed by atoms with Gasteiger partial charge in [-0.25, -0.2) is 0 Å². The van der Waals surface area contributed by atoms with Gasteiger partial charge in [-0.1, -0.05) is 25.1 Å². The Kier molecular flexibility index (Phi) is 3.73. The van der Waals surface area contributed by atoms with Gasteiger partial charge < -0.3 is 4.74 Å². The topological polar surface area (TPSA) is 52.3 Å². The van der Waals surface area contributed by atoms with Crippen molar-refractivity contribution in [1.82, 2.24) is 15.1 Å². The lowest BCUT2D eigenvalue weighted by molar-refractivity contribution is 0.415. The van der Waals surface area contributed by atoms with Crippen molar-refractivity contribution in [3.05, 3.63) is 35.5 Å². The fraction of sp³-hybridized carbons (Fsp3) is 0.357. The third-order valence-corrected chi connectivity index (χ3v) is 4.24. The highest BCUT2D eigenvalue weighted by Crippen LogP contribution is 2.27. The zero-order valence-corrected chi connectivity index (χ0v) is 12.4. The van der Waals surface area contributed by atoms with E-state index >= 15 is 0 Å². The van der Waals surface area contributed by atoms with Crippen LogP contribution in [0.25, 0.3) is 0 Å². The van der Waals surface area contributed by atoms with Gasteiger partial charge in [-0.3, -0.25) is 0 Å². The van der Waals surface area contributed by atoms with Crippen molar-refractivity contribution in [2.75, 3.05) is 12.9 Å². The highest BCUT2D eigenvalue weighted by Gasteiger charge is 2.19. The molecule has 0 N–H and O–H groups in total. The number of fused-ring (bicyclic) bond motifs is 1. The Hall–Kier alpha value is -1.82. The smallest absolute Gasteiger partial charge is 0.144 e. The van der Waals surface area contributed by atoms with Gasteiger partial charge in [0.1, 0.15) is 10.8 Å². The maximum Gasteiger partial charge on any atom is 0.144 e. The van der Waals surface area contributed by atoms with Gasteiger partial charge in [-0.15, -0.1) is 9.89 Å². The van der Waals surface area contributed by atoms with Crippen LogP contribution < -0.4 is 4.74 Å². The fourth-order valence-electron chi connectivity index (χ4n) is 2.10. The molecule has 1 aliphatic rings. The summed E-state index contributed by atoms with van der Waals surface area (Å²) in [5, 5.41) is 14.0. The number of nitrogens with zero attached hydrogens (tertiary/aromatic N) is 4. The Morgan fingerprint density at radius 1 is 1.30 bits per heavy atom. The van der Waals surface area contributed by atoms with E-state index in [-0.39, 0.29) is 0 Å². The Labute approximate surface area is 122 Å². The number of methoxy groups -OCH3 is 1. The second-order valence-electron chi connectivity index (χ2n) is 4.54. The van der Waals surface area contributed by atoms with Crippen molar-refractivity contribution < 1.29 is 4.74 Å². The normalized spacial score (nSPS) is 13.8. The quantitative estimate of drug-likeness (QED) is 0.867. The SMILES string of the molecule is CCCc1nnn2c1SCC(c1ccc(OC)cc1)=N2. The Morgan fingerprint density at radius 3 is 2.80 bits per heavy atom. The number of aryl methyl sites for hydroxylation is 1. The molecule has 104 valence electrons. The molecule has 2 aromatic rings. The van der Waals surface area contributed by atoms with Gasteiger partial charge in [0.05, 0.1) is 18.5 Å². The number of ether oxygens (including phenoxy) is 1. The molecule has 0 amide bonds. The Balaban J connectivity index is 1.89. The third kappa shape index (κ3) is 2.43. The minimum atomic E-state index is 0.844. The van der Waals surface area contributed by atoms with E-state index in [0.717, 1.165) is 46.3 Å². The van der Waals surface area contributed by atoms with Crippen molar-refractivity contribution in [2.24, 2.45) is 5.10 Å². The lowest BCUT2D eigenvalue weighted by Gasteiger charge is -2.13. The summed E-state index contributed by atoms with van der Waals surface area (Å²) in [4.78, 5) is 1.65. The predicted octanol–water partition coefficient (Wildman–Crippen LogP) is 2.60. The van der Waals surface area contributed by atoms with Crippen LogP contribution in [0.3, 0.4) is 0 Å². The predicted molar refractivity (Wildman–Crippen MR) is 79.7 cm³/mol. The monoisotopic (exact) mass is 288 g/mol. The van der Waals surface area contributed by atoms with E-state index < -0.39 is 0 Å². The zero-order valence-electron chi connectivity index (χ0n) is 11.5. The van der Waals surface area contributed by atoms with Crippen molar-refractivity contribution >= 4 is 17.5 Å². The molecular formula is C14H16N4OS. The number of hydrogen-bond donors (Lipinski definition) is 0. The van der Waals surface area contributed by atoms with Crippen LogP contribution >= 0.6 is 11.8 Å². The molecule has 20 heavy (non-hydrogen) atoms. The van der Waals surface area contributed by atoms with Crippen molar-refractivity contribution in [2.45, 2.75) is 24.8 Å². The van der Waals surface area contributed by atoms with Crippen LogP contribution in [0.5, 0.6) is 5.75 Å². The van der Waals surface area contributed by atoms with Crippen LogP contribution in [0.1, 0.15) is 24.6 Å². The molecule has 0 bridgehead atoms. The average Bonchev–Trinajstić information content (AvgIpc) is 2.90. The molecule has 1 aliphatic heterocycles. The standard InChI is InChI=1S/C14H16N4OS/c1-3-4-12-14-18(17-15-12)16-13(9-20-14)10-5-7-11(19-2)8-6-10/h5-8H,3-4,9H2,1-2H3. The number of rotatable bonds is 4. The zero-order chi connectivity index (χ0) is 13.9. The Bertz CT molecular complexity index is 633. The number of thioether (sulfide) groups is 1. The Morgan fingerprint density at radius 2 is 2.10 bits per heavy atom. The number of benzene rings is 1. The van der Waals surface area contributed by atoms with E-state index in [1.807, 2.05) is 24.3 Å². The number of aromatic nitrogens is 3. The maximum atomic E-state index is 5.17. The molecule has 0 spiro atoms. The molecule has 0 aliphatic carbocycles. The highest BCUT2D eigenvalue weighted by molar-refractivity contribution is 8.00. The second-order valence-corrected chi connectivity index (χ2v) is 5.51. The van der Waals surface area contributed by atoms with Gasteiger partial charge >= 0.3 is 0 Å². The van der Waals surface area contributed by atoms with Crippen LogP contribution in [0.4, 0.5) is 0 Å². The van der Waals surface area contributed by atoms with Crippen LogP contribution in [0.2, 0.25) is 0 Å². The largest absolute Gasteiger partial charge is 0.497 e. The summed E-state index contributed by atoms with van der Waals surface area (Å²) in [7, 11) is 1.67. The second kappa shape index (κ2) is 5.66. The summed E-state index contributed by atoms with van der Waals surface area (Å²) in [6, 6.07) is 7.93. The summed E-state index contributed by atoms with van der Waals surface area (Å²) < 4.78 is 5.17. The molecule has 0 radical (unpaired) electrons. The average molecular weight is 288 g/mol. The first-order valence-corrected chi connectivity index (χ1v) is 7.60. The number of hydrogen-bond acceptors (Lipinski definition) is 5. The minimum absolute atomic E-state index is 0.844. The molecule has 1 aromatic heterocycles. The van der Waals surface area contributed by atoms with Gasteiger partial charge in [-0.05, 0) is 41.5 Å². The molecule has 0 saturated carbocycles. The summed E-state index contributed by atoms with van der Waals surface area (Å²) in [6.07, 6.45) is 2.02.